The van der Waals surface area contributed by atoms with Crippen LogP contribution in [0.3, 0.4) is 0 Å². The second-order valence-corrected chi connectivity index (χ2v) is 3.43. The summed E-state index contributed by atoms with van der Waals surface area (Å²) in [5.74, 6) is 0.398. The Morgan fingerprint density at radius 2 is 2.27 bits per heavy atom. The van der Waals surface area contributed by atoms with Crippen molar-refractivity contribution in [1.29, 1.82) is 0 Å². The summed E-state index contributed by atoms with van der Waals surface area (Å²) in [7, 11) is 1.61. The van der Waals surface area contributed by atoms with E-state index in [4.69, 9.17) is 0 Å². The van der Waals surface area contributed by atoms with E-state index in [0.29, 0.717) is 18.9 Å². The van der Waals surface area contributed by atoms with E-state index in [2.05, 4.69) is 21.2 Å². The van der Waals surface area contributed by atoms with Crippen molar-refractivity contribution in [3.63, 3.8) is 0 Å². The van der Waals surface area contributed by atoms with Gasteiger partial charge in [0.05, 0.1) is 6.54 Å². The second kappa shape index (κ2) is 6.00. The van der Waals surface area contributed by atoms with Gasteiger partial charge >= 0.3 is 0 Å². The van der Waals surface area contributed by atoms with E-state index < -0.39 is 0 Å². The Morgan fingerprint density at radius 1 is 1.53 bits per heavy atom. The lowest BCUT2D eigenvalue weighted by molar-refractivity contribution is -0.114. The average molecular weight is 212 g/mol. The number of hydrogen-bond acceptors (Lipinski definition) is 4. The number of amides is 2. The highest BCUT2D eigenvalue weighted by Gasteiger charge is 2.22. The third kappa shape index (κ3) is 4.44. The standard InChI is InChI=1S/C9H16N4O2/c1-10-13-8(5-11-6-14)9(15)12-4-7-2-3-7/h6-7,10H,2-5H2,1H3,(H,11,14)(H,12,15)/b13-8+. The maximum Gasteiger partial charge on any atom is 0.269 e. The second-order valence-electron chi connectivity index (χ2n) is 3.43. The number of nitrogens with zero attached hydrogens (tertiary/aromatic N) is 1. The van der Waals surface area contributed by atoms with Crippen molar-refractivity contribution in [2.24, 2.45) is 11.0 Å². The van der Waals surface area contributed by atoms with Crippen LogP contribution in [0.4, 0.5) is 0 Å². The highest BCUT2D eigenvalue weighted by Crippen LogP contribution is 2.27. The molecule has 1 aliphatic carbocycles. The lowest BCUT2D eigenvalue weighted by Crippen LogP contribution is -2.39. The summed E-state index contributed by atoms with van der Waals surface area (Å²) in [6, 6.07) is 0. The summed E-state index contributed by atoms with van der Waals surface area (Å²) in [4.78, 5) is 21.6. The number of hydrazone groups is 1. The first-order chi connectivity index (χ1) is 7.27. The van der Waals surface area contributed by atoms with Crippen LogP contribution in [0.2, 0.25) is 0 Å². The molecule has 1 aliphatic rings. The molecule has 1 saturated carbocycles. The fraction of sp³-hybridized carbons (Fsp3) is 0.667. The van der Waals surface area contributed by atoms with Crippen LogP contribution in [0.5, 0.6) is 0 Å². The van der Waals surface area contributed by atoms with Gasteiger partial charge in [-0.2, -0.15) is 5.10 Å². The van der Waals surface area contributed by atoms with Gasteiger partial charge < -0.3 is 16.1 Å². The first-order valence-electron chi connectivity index (χ1n) is 4.96. The maximum atomic E-state index is 11.5. The number of rotatable bonds is 7. The van der Waals surface area contributed by atoms with Crippen molar-refractivity contribution in [3.8, 4) is 0 Å². The molecule has 1 fully saturated rings. The predicted molar refractivity (Wildman–Crippen MR) is 56.3 cm³/mol. The van der Waals surface area contributed by atoms with E-state index in [1.807, 2.05) is 0 Å². The molecule has 0 spiro atoms. The van der Waals surface area contributed by atoms with Crippen molar-refractivity contribution >= 4 is 18.0 Å². The fourth-order valence-corrected chi connectivity index (χ4v) is 1.10. The minimum absolute atomic E-state index is 0.140. The zero-order valence-corrected chi connectivity index (χ0v) is 8.75. The van der Waals surface area contributed by atoms with E-state index in [9.17, 15) is 9.59 Å². The monoisotopic (exact) mass is 212 g/mol. The molecule has 15 heavy (non-hydrogen) atoms. The summed E-state index contributed by atoms with van der Waals surface area (Å²) < 4.78 is 0. The molecule has 0 unspecified atom stereocenters. The molecule has 1 rings (SSSR count). The van der Waals surface area contributed by atoms with Gasteiger partial charge in [0, 0.05) is 13.6 Å². The Balaban J connectivity index is 2.34. The van der Waals surface area contributed by atoms with Crippen LogP contribution in [0, 0.1) is 5.92 Å². The van der Waals surface area contributed by atoms with Gasteiger partial charge in [-0.1, -0.05) is 0 Å². The quantitative estimate of drug-likeness (QED) is 0.282. The van der Waals surface area contributed by atoms with Gasteiger partial charge in [0.2, 0.25) is 6.41 Å². The van der Waals surface area contributed by atoms with Crippen LogP contribution < -0.4 is 16.1 Å². The fourth-order valence-electron chi connectivity index (χ4n) is 1.10. The lowest BCUT2D eigenvalue weighted by atomic mass is 10.3. The Morgan fingerprint density at radius 3 is 2.80 bits per heavy atom. The normalized spacial score (nSPS) is 15.7. The molecule has 0 radical (unpaired) electrons. The van der Waals surface area contributed by atoms with Crippen LogP contribution in [0.25, 0.3) is 0 Å². The minimum atomic E-state index is -0.231. The molecule has 0 bridgehead atoms. The van der Waals surface area contributed by atoms with Gasteiger partial charge in [0.1, 0.15) is 5.71 Å². The largest absolute Gasteiger partial charge is 0.353 e. The smallest absolute Gasteiger partial charge is 0.269 e. The van der Waals surface area contributed by atoms with Gasteiger partial charge in [-0.15, -0.1) is 0 Å². The van der Waals surface area contributed by atoms with Crippen molar-refractivity contribution in [3.05, 3.63) is 0 Å². The van der Waals surface area contributed by atoms with Gasteiger partial charge in [0.15, 0.2) is 0 Å². The molecule has 0 aromatic carbocycles. The average Bonchev–Trinajstić information content (AvgIpc) is 3.04. The molecule has 2 amide bonds. The summed E-state index contributed by atoms with van der Waals surface area (Å²) in [5.41, 5.74) is 2.81. The molecule has 84 valence electrons. The van der Waals surface area contributed by atoms with Gasteiger partial charge in [0.25, 0.3) is 5.91 Å². The van der Waals surface area contributed by atoms with Gasteiger partial charge in [-0.05, 0) is 18.8 Å². The number of carbonyl (C=O) groups is 2. The molecule has 6 nitrogen and oxygen atoms in total. The SMILES string of the molecule is CN/N=C(\CNC=O)C(=O)NCC1CC1. The van der Waals surface area contributed by atoms with E-state index in [1.54, 1.807) is 7.05 Å². The zero-order valence-electron chi connectivity index (χ0n) is 8.75. The van der Waals surface area contributed by atoms with Crippen LogP contribution in [-0.2, 0) is 9.59 Å². The lowest BCUT2D eigenvalue weighted by Gasteiger charge is -2.06. The van der Waals surface area contributed by atoms with E-state index in [0.717, 1.165) is 0 Å². The highest BCUT2D eigenvalue weighted by molar-refractivity contribution is 6.39. The number of hydrogen-bond donors (Lipinski definition) is 3. The van der Waals surface area contributed by atoms with Gasteiger partial charge in [-0.3, -0.25) is 9.59 Å². The summed E-state index contributed by atoms with van der Waals surface area (Å²) >= 11 is 0. The molecule has 0 aromatic heterocycles. The highest BCUT2D eigenvalue weighted by atomic mass is 16.2. The number of nitrogens with one attached hydrogen (secondary N) is 3. The molecule has 0 aromatic rings. The molecule has 0 heterocycles. The third-order valence-electron chi connectivity index (χ3n) is 2.11. The molecule has 0 atom stereocenters. The van der Waals surface area contributed by atoms with Crippen molar-refractivity contribution < 1.29 is 9.59 Å². The van der Waals surface area contributed by atoms with Gasteiger partial charge in [-0.25, -0.2) is 0 Å². The van der Waals surface area contributed by atoms with Crippen LogP contribution >= 0.6 is 0 Å². The zero-order chi connectivity index (χ0) is 11.1. The summed E-state index contributed by atoms with van der Waals surface area (Å²) in [6.07, 6.45) is 2.91. The molecule has 6 heteroatoms. The first-order valence-corrected chi connectivity index (χ1v) is 4.96. The summed E-state index contributed by atoms with van der Waals surface area (Å²) in [5, 5.41) is 8.97. The topological polar surface area (TPSA) is 82.6 Å². The Bertz CT molecular complexity index is 261. The van der Waals surface area contributed by atoms with Crippen molar-refractivity contribution in [2.75, 3.05) is 20.1 Å². The van der Waals surface area contributed by atoms with E-state index in [-0.39, 0.29) is 18.2 Å². The summed E-state index contributed by atoms with van der Waals surface area (Å²) in [6.45, 7) is 0.837. The van der Waals surface area contributed by atoms with E-state index in [1.165, 1.54) is 12.8 Å². The van der Waals surface area contributed by atoms with Crippen molar-refractivity contribution in [1.82, 2.24) is 16.1 Å². The molecular weight excluding hydrogens is 196 g/mol. The Hall–Kier alpha value is -1.59. The number of carbonyl (C=O) groups excluding carboxylic acids is 2. The molecule has 0 saturated heterocycles. The van der Waals surface area contributed by atoms with Crippen LogP contribution in [0.1, 0.15) is 12.8 Å². The minimum Gasteiger partial charge on any atom is -0.353 e. The first kappa shape index (κ1) is 11.5. The molecular formula is C9H16N4O2. The third-order valence-corrected chi connectivity index (χ3v) is 2.11. The van der Waals surface area contributed by atoms with Crippen molar-refractivity contribution in [2.45, 2.75) is 12.8 Å². The maximum absolute atomic E-state index is 11.5. The molecule has 3 N–H and O–H groups in total. The van der Waals surface area contributed by atoms with E-state index >= 15 is 0 Å². The van der Waals surface area contributed by atoms with Crippen LogP contribution in [-0.4, -0.2) is 38.2 Å². The Labute approximate surface area is 88.5 Å². The molecule has 0 aliphatic heterocycles. The Kier molecular flexibility index (Phi) is 4.59. The van der Waals surface area contributed by atoms with Crippen LogP contribution in [0.15, 0.2) is 5.10 Å². The predicted octanol–water partition coefficient (Wildman–Crippen LogP) is -1.17.